The van der Waals surface area contributed by atoms with Crippen LogP contribution in [0.25, 0.3) is 0 Å². The summed E-state index contributed by atoms with van der Waals surface area (Å²) in [6.45, 7) is 3.07. The number of aryl methyl sites for hydroxylation is 1. The number of rotatable bonds is 5. The maximum atomic E-state index is 13.0. The summed E-state index contributed by atoms with van der Waals surface area (Å²) < 4.78 is 5.79. The first-order valence-electron chi connectivity index (χ1n) is 9.98. The third-order valence-electron chi connectivity index (χ3n) is 5.73. The Labute approximate surface area is 161 Å². The fourth-order valence-electron chi connectivity index (χ4n) is 4.40. The van der Waals surface area contributed by atoms with Gasteiger partial charge in [-0.1, -0.05) is 42.5 Å². The van der Waals surface area contributed by atoms with E-state index in [0.29, 0.717) is 31.2 Å². The van der Waals surface area contributed by atoms with E-state index in [4.69, 9.17) is 4.74 Å². The van der Waals surface area contributed by atoms with Crippen LogP contribution in [0.1, 0.15) is 36.8 Å². The van der Waals surface area contributed by atoms with Gasteiger partial charge in [-0.2, -0.15) is 0 Å². The van der Waals surface area contributed by atoms with E-state index in [2.05, 4.69) is 5.32 Å². The fourth-order valence-corrected chi connectivity index (χ4v) is 4.40. The summed E-state index contributed by atoms with van der Waals surface area (Å²) in [6, 6.07) is 19.3. The molecule has 142 valence electrons. The van der Waals surface area contributed by atoms with E-state index in [1.807, 2.05) is 61.5 Å². The van der Waals surface area contributed by atoms with Crippen molar-refractivity contribution in [2.24, 2.45) is 5.92 Å². The monoisotopic (exact) mass is 364 g/mol. The summed E-state index contributed by atoms with van der Waals surface area (Å²) in [6.07, 6.45) is 4.51. The van der Waals surface area contributed by atoms with Crippen LogP contribution in [0.4, 0.5) is 10.5 Å². The molecule has 2 bridgehead atoms. The van der Waals surface area contributed by atoms with Crippen molar-refractivity contribution in [2.75, 3.05) is 11.5 Å². The molecule has 2 unspecified atom stereocenters. The molecule has 4 heteroatoms. The number of hydrogen-bond donors (Lipinski definition) is 1. The quantitative estimate of drug-likeness (QED) is 0.838. The van der Waals surface area contributed by atoms with Crippen molar-refractivity contribution >= 4 is 11.8 Å². The van der Waals surface area contributed by atoms with Crippen LogP contribution in [0.5, 0.6) is 0 Å². The molecule has 2 aliphatic rings. The second kappa shape index (κ2) is 8.13. The van der Waals surface area contributed by atoms with Gasteiger partial charge in [0.25, 0.3) is 0 Å². The first kappa shape index (κ1) is 18.1. The summed E-state index contributed by atoms with van der Waals surface area (Å²) in [5.41, 5.74) is 3.11. The lowest BCUT2D eigenvalue weighted by Crippen LogP contribution is -2.40. The lowest BCUT2D eigenvalue weighted by atomic mass is 9.93. The minimum atomic E-state index is -0.254. The summed E-state index contributed by atoms with van der Waals surface area (Å²) in [5, 5.41) is 3.64. The molecule has 4 nitrogen and oxygen atoms in total. The Kier molecular flexibility index (Phi) is 5.44. The normalized spacial score (nSPS) is 23.8. The largest absolute Gasteiger partial charge is 0.449 e. The van der Waals surface area contributed by atoms with Gasteiger partial charge in [-0.3, -0.25) is 4.90 Å². The van der Waals surface area contributed by atoms with Gasteiger partial charge in [0.05, 0.1) is 13.2 Å². The molecule has 0 aromatic heterocycles. The van der Waals surface area contributed by atoms with Gasteiger partial charge >= 0.3 is 6.09 Å². The number of carbonyl (C=O) groups excluding carboxylic acids is 1. The van der Waals surface area contributed by atoms with Gasteiger partial charge in [-0.05, 0) is 61.8 Å². The summed E-state index contributed by atoms with van der Waals surface area (Å²) in [7, 11) is 0. The van der Waals surface area contributed by atoms with Gasteiger partial charge < -0.3 is 10.1 Å². The van der Waals surface area contributed by atoms with Crippen molar-refractivity contribution in [3.63, 3.8) is 0 Å². The number of nitrogens with zero attached hydrogens (tertiary/aromatic N) is 1. The highest BCUT2D eigenvalue weighted by Crippen LogP contribution is 2.31. The molecular formula is C23H28N2O2. The van der Waals surface area contributed by atoms with Crippen LogP contribution in [-0.2, 0) is 11.3 Å². The molecule has 2 aliphatic heterocycles. The Morgan fingerprint density at radius 2 is 1.81 bits per heavy atom. The molecule has 2 fully saturated rings. The molecule has 0 radical (unpaired) electrons. The lowest BCUT2D eigenvalue weighted by Gasteiger charge is -2.30. The van der Waals surface area contributed by atoms with Crippen molar-refractivity contribution in [2.45, 2.75) is 51.2 Å². The van der Waals surface area contributed by atoms with Crippen LogP contribution >= 0.6 is 0 Å². The Balaban J connectivity index is 1.45. The average molecular weight is 364 g/mol. The van der Waals surface area contributed by atoms with Crippen molar-refractivity contribution in [3.05, 3.63) is 65.7 Å². The van der Waals surface area contributed by atoms with Crippen molar-refractivity contribution in [3.8, 4) is 0 Å². The molecule has 2 saturated heterocycles. The minimum absolute atomic E-state index is 0.254. The molecular weight excluding hydrogens is 336 g/mol. The van der Waals surface area contributed by atoms with Crippen molar-refractivity contribution < 1.29 is 9.53 Å². The van der Waals surface area contributed by atoms with Crippen LogP contribution in [0.2, 0.25) is 0 Å². The Morgan fingerprint density at radius 1 is 1.07 bits per heavy atom. The lowest BCUT2D eigenvalue weighted by molar-refractivity contribution is 0.116. The third-order valence-corrected chi connectivity index (χ3v) is 5.73. The van der Waals surface area contributed by atoms with Crippen molar-refractivity contribution in [1.29, 1.82) is 0 Å². The van der Waals surface area contributed by atoms with E-state index >= 15 is 0 Å². The molecule has 4 rings (SSSR count). The van der Waals surface area contributed by atoms with Gasteiger partial charge in [0.15, 0.2) is 0 Å². The predicted molar refractivity (Wildman–Crippen MR) is 108 cm³/mol. The number of hydrogen-bond acceptors (Lipinski definition) is 3. The summed E-state index contributed by atoms with van der Waals surface area (Å²) >= 11 is 0. The Morgan fingerprint density at radius 3 is 2.52 bits per heavy atom. The molecule has 1 amide bonds. The van der Waals surface area contributed by atoms with Crippen LogP contribution in [0.3, 0.4) is 0 Å². The highest BCUT2D eigenvalue weighted by molar-refractivity contribution is 5.87. The van der Waals surface area contributed by atoms with Gasteiger partial charge in [-0.25, -0.2) is 4.79 Å². The first-order chi connectivity index (χ1) is 13.2. The molecule has 2 heterocycles. The average Bonchev–Trinajstić information content (AvgIpc) is 3.03. The van der Waals surface area contributed by atoms with E-state index < -0.39 is 0 Å². The van der Waals surface area contributed by atoms with E-state index in [9.17, 15) is 4.79 Å². The number of benzene rings is 2. The summed E-state index contributed by atoms with van der Waals surface area (Å²) in [5.74, 6) is 0.476. The Hall–Kier alpha value is -2.33. The molecule has 2 atom stereocenters. The standard InChI is InChI=1S/C23H28N2O2/c1-17-6-5-9-22(12-17)25(15-18-7-3-2-4-8-18)23(26)27-16-19-13-20-10-11-21(14-19)24-20/h2-9,12,19-21,24H,10-11,13-16H2,1H3. The zero-order chi connectivity index (χ0) is 18.6. The van der Waals surface area contributed by atoms with Crippen LogP contribution in [-0.4, -0.2) is 24.8 Å². The van der Waals surface area contributed by atoms with Gasteiger partial charge in [0.1, 0.15) is 0 Å². The minimum Gasteiger partial charge on any atom is -0.449 e. The van der Waals surface area contributed by atoms with Gasteiger partial charge in [0.2, 0.25) is 0 Å². The molecule has 0 spiro atoms. The number of ether oxygens (including phenoxy) is 1. The van der Waals surface area contributed by atoms with E-state index in [-0.39, 0.29) is 6.09 Å². The molecule has 0 aliphatic carbocycles. The number of anilines is 1. The van der Waals surface area contributed by atoms with Gasteiger partial charge in [-0.15, -0.1) is 0 Å². The van der Waals surface area contributed by atoms with Gasteiger partial charge in [0, 0.05) is 17.8 Å². The predicted octanol–water partition coefficient (Wildman–Crippen LogP) is 4.67. The molecule has 2 aromatic rings. The summed E-state index contributed by atoms with van der Waals surface area (Å²) in [4.78, 5) is 14.7. The first-order valence-corrected chi connectivity index (χ1v) is 9.98. The third kappa shape index (κ3) is 4.51. The topological polar surface area (TPSA) is 41.6 Å². The maximum absolute atomic E-state index is 13.0. The highest BCUT2D eigenvalue weighted by Gasteiger charge is 2.34. The number of fused-ring (bicyclic) bond motifs is 2. The van der Waals surface area contributed by atoms with Crippen molar-refractivity contribution in [1.82, 2.24) is 5.32 Å². The van der Waals surface area contributed by atoms with Crippen LogP contribution < -0.4 is 10.2 Å². The van der Waals surface area contributed by atoms with E-state index in [1.54, 1.807) is 4.90 Å². The molecule has 1 N–H and O–H groups in total. The maximum Gasteiger partial charge on any atom is 0.414 e. The number of piperidine rings is 1. The number of carbonyl (C=O) groups is 1. The SMILES string of the molecule is Cc1cccc(N(Cc2ccccc2)C(=O)OCC2CC3CCC(C2)N3)c1. The smallest absolute Gasteiger partial charge is 0.414 e. The highest BCUT2D eigenvalue weighted by atomic mass is 16.6. The molecule has 0 saturated carbocycles. The second-order valence-electron chi connectivity index (χ2n) is 7.96. The van der Waals surface area contributed by atoms with Crippen LogP contribution in [0, 0.1) is 12.8 Å². The zero-order valence-electron chi connectivity index (χ0n) is 15.9. The number of nitrogens with one attached hydrogen (secondary N) is 1. The van der Waals surface area contributed by atoms with E-state index in [0.717, 1.165) is 29.7 Å². The van der Waals surface area contributed by atoms with Crippen LogP contribution in [0.15, 0.2) is 54.6 Å². The van der Waals surface area contributed by atoms with E-state index in [1.165, 1.54) is 12.8 Å². The second-order valence-corrected chi connectivity index (χ2v) is 7.96. The molecule has 27 heavy (non-hydrogen) atoms. The Bertz CT molecular complexity index is 765. The zero-order valence-corrected chi connectivity index (χ0v) is 15.9. The number of amides is 1. The molecule has 2 aromatic carbocycles. The fraction of sp³-hybridized carbons (Fsp3) is 0.435.